The second kappa shape index (κ2) is 6.67. The van der Waals surface area contributed by atoms with Crippen molar-refractivity contribution >= 4 is 23.5 Å². The van der Waals surface area contributed by atoms with Crippen molar-refractivity contribution in [2.75, 3.05) is 0 Å². The molecule has 1 aromatic carbocycles. The van der Waals surface area contributed by atoms with E-state index < -0.39 is 23.7 Å². The Kier molecular flexibility index (Phi) is 5.08. The van der Waals surface area contributed by atoms with Gasteiger partial charge in [0.1, 0.15) is 6.10 Å². The summed E-state index contributed by atoms with van der Waals surface area (Å²) < 4.78 is 5.27. The molecule has 1 heterocycles. The van der Waals surface area contributed by atoms with Gasteiger partial charge in [-0.1, -0.05) is 29.8 Å². The number of rotatable bonds is 5. The summed E-state index contributed by atoms with van der Waals surface area (Å²) >= 11 is 6.15. The van der Waals surface area contributed by atoms with Crippen LogP contribution in [0, 0.1) is 0 Å². The summed E-state index contributed by atoms with van der Waals surface area (Å²) in [5, 5.41) is 12.5. The fourth-order valence-electron chi connectivity index (χ4n) is 2.59. The van der Waals surface area contributed by atoms with Crippen LogP contribution in [0.15, 0.2) is 24.3 Å². The maximum Gasteiger partial charge on any atom is 0.332 e. The van der Waals surface area contributed by atoms with Crippen LogP contribution in [-0.2, 0) is 20.7 Å². The summed E-state index contributed by atoms with van der Waals surface area (Å²) in [6.07, 6.45) is -0.231. The van der Waals surface area contributed by atoms with Gasteiger partial charge in [-0.05, 0) is 44.7 Å². The number of aliphatic carboxylic acids is 1. The molecule has 0 aromatic heterocycles. The van der Waals surface area contributed by atoms with E-state index in [-0.39, 0.29) is 5.91 Å². The highest BCUT2D eigenvalue weighted by molar-refractivity contribution is 6.31. The van der Waals surface area contributed by atoms with Gasteiger partial charge in [0.2, 0.25) is 5.91 Å². The molecule has 5 nitrogen and oxygen atoms in total. The molecule has 1 amide bonds. The van der Waals surface area contributed by atoms with Crippen LogP contribution in [0.2, 0.25) is 5.02 Å². The number of hydrogen-bond acceptors (Lipinski definition) is 3. The lowest BCUT2D eigenvalue weighted by molar-refractivity contribution is -0.152. The van der Waals surface area contributed by atoms with Crippen molar-refractivity contribution in [2.24, 2.45) is 0 Å². The zero-order valence-corrected chi connectivity index (χ0v) is 13.4. The molecule has 1 fully saturated rings. The van der Waals surface area contributed by atoms with Crippen LogP contribution in [0.1, 0.15) is 32.3 Å². The molecule has 0 spiro atoms. The van der Waals surface area contributed by atoms with E-state index >= 15 is 0 Å². The Hall–Kier alpha value is -1.59. The summed E-state index contributed by atoms with van der Waals surface area (Å²) in [4.78, 5) is 23.1. The topological polar surface area (TPSA) is 75.6 Å². The minimum Gasteiger partial charge on any atom is -0.479 e. The first kappa shape index (κ1) is 16.8. The Morgan fingerprint density at radius 1 is 1.32 bits per heavy atom. The number of carboxylic acid groups (broad SMARTS) is 1. The number of benzene rings is 1. The first-order valence-corrected chi connectivity index (χ1v) is 7.60. The van der Waals surface area contributed by atoms with Crippen molar-refractivity contribution in [3.05, 3.63) is 34.9 Å². The Morgan fingerprint density at radius 3 is 2.55 bits per heavy atom. The molecule has 1 aliphatic rings. The highest BCUT2D eigenvalue weighted by Gasteiger charge is 2.36. The third kappa shape index (κ3) is 4.21. The summed E-state index contributed by atoms with van der Waals surface area (Å²) in [6.45, 7) is 3.80. The predicted octanol–water partition coefficient (Wildman–Crippen LogP) is 2.41. The number of hydrogen-bond donors (Lipinski definition) is 2. The van der Waals surface area contributed by atoms with Crippen molar-refractivity contribution in [1.29, 1.82) is 0 Å². The highest BCUT2D eigenvalue weighted by Crippen LogP contribution is 2.23. The lowest BCUT2D eigenvalue weighted by Crippen LogP contribution is -2.49. The highest BCUT2D eigenvalue weighted by atomic mass is 35.5. The number of ether oxygens (including phenoxy) is 1. The minimum atomic E-state index is -1.02. The van der Waals surface area contributed by atoms with E-state index in [0.29, 0.717) is 24.3 Å². The Labute approximate surface area is 134 Å². The van der Waals surface area contributed by atoms with Gasteiger partial charge in [0.25, 0.3) is 0 Å². The van der Waals surface area contributed by atoms with Gasteiger partial charge in [-0.25, -0.2) is 4.79 Å². The van der Waals surface area contributed by atoms with E-state index in [4.69, 9.17) is 21.4 Å². The first-order chi connectivity index (χ1) is 10.3. The van der Waals surface area contributed by atoms with Crippen LogP contribution in [0.4, 0.5) is 0 Å². The lowest BCUT2D eigenvalue weighted by atomic mass is 9.94. The number of carbonyl (C=O) groups is 2. The van der Waals surface area contributed by atoms with Crippen molar-refractivity contribution in [2.45, 2.75) is 50.9 Å². The summed E-state index contributed by atoms with van der Waals surface area (Å²) in [6, 6.07) is 7.49. The number of nitrogens with one attached hydrogen (secondary N) is 1. The molecule has 1 saturated heterocycles. The van der Waals surface area contributed by atoms with Crippen LogP contribution >= 0.6 is 11.6 Å². The number of carboxylic acids is 1. The molecule has 0 unspecified atom stereocenters. The normalized spacial score (nSPS) is 21.6. The van der Waals surface area contributed by atoms with E-state index in [1.165, 1.54) is 0 Å². The maximum atomic E-state index is 12.2. The van der Waals surface area contributed by atoms with Gasteiger partial charge in [-0.3, -0.25) is 4.79 Å². The van der Waals surface area contributed by atoms with Gasteiger partial charge in [0.05, 0.1) is 0 Å². The van der Waals surface area contributed by atoms with Crippen LogP contribution in [0.3, 0.4) is 0 Å². The average Bonchev–Trinajstić information content (AvgIpc) is 2.90. The molecule has 0 aliphatic carbocycles. The molecule has 1 aliphatic heterocycles. The summed E-state index contributed by atoms with van der Waals surface area (Å²) in [7, 11) is 0. The van der Waals surface area contributed by atoms with Gasteiger partial charge >= 0.3 is 5.97 Å². The molecule has 0 bridgehead atoms. The fourth-order valence-corrected chi connectivity index (χ4v) is 2.79. The van der Waals surface area contributed by atoms with Crippen LogP contribution in [-0.4, -0.2) is 34.7 Å². The van der Waals surface area contributed by atoms with Gasteiger partial charge in [-0.15, -0.1) is 0 Å². The van der Waals surface area contributed by atoms with Gasteiger partial charge in [-0.2, -0.15) is 0 Å². The second-order valence-corrected chi connectivity index (χ2v) is 6.58. The largest absolute Gasteiger partial charge is 0.479 e. The smallest absolute Gasteiger partial charge is 0.332 e. The van der Waals surface area contributed by atoms with Crippen molar-refractivity contribution in [1.82, 2.24) is 5.32 Å². The molecule has 1 aromatic rings. The van der Waals surface area contributed by atoms with Crippen LogP contribution in [0.25, 0.3) is 0 Å². The molecular formula is C16H20ClNO4. The van der Waals surface area contributed by atoms with E-state index in [2.05, 4.69) is 5.32 Å². The third-order valence-electron chi connectivity index (χ3n) is 3.64. The molecular weight excluding hydrogens is 306 g/mol. The molecule has 2 N–H and O–H groups in total. The average molecular weight is 326 g/mol. The zero-order valence-electron chi connectivity index (χ0n) is 12.6. The maximum absolute atomic E-state index is 12.2. The van der Waals surface area contributed by atoms with Crippen molar-refractivity contribution < 1.29 is 19.4 Å². The second-order valence-electron chi connectivity index (χ2n) is 6.17. The number of halogens is 1. The van der Waals surface area contributed by atoms with E-state index in [1.807, 2.05) is 38.1 Å². The van der Waals surface area contributed by atoms with Crippen molar-refractivity contribution in [3.63, 3.8) is 0 Å². The summed E-state index contributed by atoms with van der Waals surface area (Å²) in [5.74, 6) is -1.30. The van der Waals surface area contributed by atoms with Gasteiger partial charge in [0, 0.05) is 10.6 Å². The van der Waals surface area contributed by atoms with Crippen molar-refractivity contribution in [3.8, 4) is 0 Å². The molecule has 2 atom stereocenters. The minimum absolute atomic E-state index is 0.277. The summed E-state index contributed by atoms with van der Waals surface area (Å²) in [5.41, 5.74) is 0.442. The number of carbonyl (C=O) groups excluding carboxylic acids is 1. The number of amides is 1. The monoisotopic (exact) mass is 325 g/mol. The standard InChI is InChI=1S/C16H20ClNO4/c1-16(2,9-10-5-3-4-6-11(10)17)18-14(19)12-7-8-13(22-12)15(20)21/h3-6,12-13H,7-9H2,1-2H3,(H,18,19)(H,20,21)/t12-,13+/m0/s1. The predicted molar refractivity (Wildman–Crippen MR) is 82.9 cm³/mol. The molecule has 22 heavy (non-hydrogen) atoms. The quantitative estimate of drug-likeness (QED) is 0.871. The van der Waals surface area contributed by atoms with Gasteiger partial charge in [0.15, 0.2) is 6.10 Å². The molecule has 120 valence electrons. The van der Waals surface area contributed by atoms with Crippen LogP contribution in [0.5, 0.6) is 0 Å². The van der Waals surface area contributed by atoms with E-state index in [0.717, 1.165) is 5.56 Å². The SMILES string of the molecule is CC(C)(Cc1ccccc1Cl)NC(=O)[C@@H]1CC[C@H](C(=O)O)O1. The fraction of sp³-hybridized carbons (Fsp3) is 0.500. The Bertz CT molecular complexity index is 573. The van der Waals surface area contributed by atoms with E-state index in [9.17, 15) is 9.59 Å². The van der Waals surface area contributed by atoms with E-state index in [1.54, 1.807) is 0 Å². The van der Waals surface area contributed by atoms with Gasteiger partial charge < -0.3 is 15.2 Å². The Balaban J connectivity index is 1.95. The molecule has 0 radical (unpaired) electrons. The zero-order chi connectivity index (χ0) is 16.3. The Morgan fingerprint density at radius 2 is 1.95 bits per heavy atom. The third-order valence-corrected chi connectivity index (χ3v) is 4.01. The molecule has 2 rings (SSSR count). The molecule has 6 heteroatoms. The molecule has 0 saturated carbocycles. The first-order valence-electron chi connectivity index (χ1n) is 7.22. The van der Waals surface area contributed by atoms with Crippen LogP contribution < -0.4 is 5.32 Å². The lowest BCUT2D eigenvalue weighted by Gasteiger charge is -2.28.